The average Bonchev–Trinajstić information content (AvgIpc) is 2.81. The second-order valence-electron chi connectivity index (χ2n) is 4.74. The lowest BCUT2D eigenvalue weighted by atomic mass is 10.1. The lowest BCUT2D eigenvalue weighted by molar-refractivity contribution is 0.472. The Kier molecular flexibility index (Phi) is 5.28. The smallest absolute Gasteiger partial charge is 0.257 e. The van der Waals surface area contributed by atoms with Crippen LogP contribution in [0.2, 0.25) is 0 Å². The summed E-state index contributed by atoms with van der Waals surface area (Å²) >= 11 is 1.71. The summed E-state index contributed by atoms with van der Waals surface area (Å²) in [5, 5.41) is 4.80. The topological polar surface area (TPSA) is 38.1 Å². The zero-order valence-electron chi connectivity index (χ0n) is 11.8. The number of benzene rings is 1. The van der Waals surface area contributed by atoms with Crippen LogP contribution in [0.3, 0.4) is 0 Å². The molecule has 2 rings (SSSR count). The van der Waals surface area contributed by atoms with Crippen molar-refractivity contribution in [3.05, 3.63) is 24.3 Å². The van der Waals surface area contributed by atoms with Crippen LogP contribution >= 0.6 is 11.8 Å². The Morgan fingerprint density at radius 3 is 2.79 bits per heavy atom. The van der Waals surface area contributed by atoms with Gasteiger partial charge in [-0.1, -0.05) is 44.7 Å². The Labute approximate surface area is 119 Å². The third-order valence-corrected chi connectivity index (χ3v) is 4.30. The number of nitrogens with one attached hydrogen (secondary N) is 1. The third kappa shape index (κ3) is 3.74. The van der Waals surface area contributed by atoms with Gasteiger partial charge in [0.25, 0.3) is 5.22 Å². The molecule has 0 amide bonds. The minimum Gasteiger partial charge on any atom is -0.431 e. The summed E-state index contributed by atoms with van der Waals surface area (Å²) < 4.78 is 5.76. The third-order valence-electron chi connectivity index (χ3n) is 3.22. The Morgan fingerprint density at radius 2 is 2.11 bits per heavy atom. The molecule has 0 saturated heterocycles. The van der Waals surface area contributed by atoms with Gasteiger partial charge >= 0.3 is 0 Å². The molecule has 1 N–H and O–H groups in total. The van der Waals surface area contributed by atoms with Gasteiger partial charge in [0.05, 0.1) is 0 Å². The van der Waals surface area contributed by atoms with E-state index in [1.807, 2.05) is 24.3 Å². The van der Waals surface area contributed by atoms with E-state index in [0.29, 0.717) is 11.3 Å². The molecule has 0 spiro atoms. The molecule has 19 heavy (non-hydrogen) atoms. The Morgan fingerprint density at radius 1 is 1.32 bits per heavy atom. The van der Waals surface area contributed by atoms with E-state index in [1.54, 1.807) is 11.8 Å². The Hall–Kier alpha value is -1.00. The van der Waals surface area contributed by atoms with Crippen LogP contribution in [0, 0.1) is 0 Å². The summed E-state index contributed by atoms with van der Waals surface area (Å²) in [7, 11) is 0. The quantitative estimate of drug-likeness (QED) is 0.774. The van der Waals surface area contributed by atoms with Crippen molar-refractivity contribution in [2.75, 3.05) is 6.54 Å². The van der Waals surface area contributed by atoms with Crippen LogP contribution in [-0.4, -0.2) is 22.8 Å². The first-order chi connectivity index (χ1) is 9.24. The average molecular weight is 278 g/mol. The molecule has 2 atom stereocenters. The molecule has 2 unspecified atom stereocenters. The van der Waals surface area contributed by atoms with Gasteiger partial charge in [-0.15, -0.1) is 0 Å². The molecule has 2 aromatic rings. The number of fused-ring (bicyclic) bond motifs is 1. The fourth-order valence-corrected chi connectivity index (χ4v) is 3.17. The van der Waals surface area contributed by atoms with E-state index in [9.17, 15) is 0 Å². The summed E-state index contributed by atoms with van der Waals surface area (Å²) in [5.74, 6) is 0. The standard InChI is InChI=1S/C15H22N2OS/c1-4-10-16-12(5-2)11(3)19-15-17-13-8-6-7-9-14(13)18-15/h6-9,11-12,16H,4-5,10H2,1-3H3. The van der Waals surface area contributed by atoms with Crippen molar-refractivity contribution in [2.45, 2.75) is 50.1 Å². The Bertz CT molecular complexity index is 479. The van der Waals surface area contributed by atoms with Gasteiger partial charge < -0.3 is 9.73 Å². The van der Waals surface area contributed by atoms with E-state index in [1.165, 1.54) is 0 Å². The molecule has 1 aromatic heterocycles. The van der Waals surface area contributed by atoms with E-state index in [2.05, 4.69) is 31.1 Å². The van der Waals surface area contributed by atoms with Crippen LogP contribution in [-0.2, 0) is 0 Å². The van der Waals surface area contributed by atoms with Crippen molar-refractivity contribution in [3.63, 3.8) is 0 Å². The van der Waals surface area contributed by atoms with E-state index >= 15 is 0 Å². The predicted molar refractivity (Wildman–Crippen MR) is 81.7 cm³/mol. The van der Waals surface area contributed by atoms with Crippen molar-refractivity contribution < 1.29 is 4.42 Å². The number of oxazole rings is 1. The maximum Gasteiger partial charge on any atom is 0.257 e. The van der Waals surface area contributed by atoms with E-state index in [-0.39, 0.29) is 0 Å². The van der Waals surface area contributed by atoms with Crippen molar-refractivity contribution in [3.8, 4) is 0 Å². The molecular weight excluding hydrogens is 256 g/mol. The largest absolute Gasteiger partial charge is 0.431 e. The van der Waals surface area contributed by atoms with Crippen molar-refractivity contribution in [2.24, 2.45) is 0 Å². The highest BCUT2D eigenvalue weighted by Crippen LogP contribution is 2.28. The van der Waals surface area contributed by atoms with Crippen molar-refractivity contribution >= 4 is 22.9 Å². The highest BCUT2D eigenvalue weighted by Gasteiger charge is 2.18. The zero-order chi connectivity index (χ0) is 13.7. The minimum atomic E-state index is 0.449. The molecule has 104 valence electrons. The van der Waals surface area contributed by atoms with Gasteiger partial charge in [0.2, 0.25) is 0 Å². The first-order valence-electron chi connectivity index (χ1n) is 7.00. The van der Waals surface area contributed by atoms with Gasteiger partial charge in [0, 0.05) is 11.3 Å². The normalized spacial score (nSPS) is 14.7. The minimum absolute atomic E-state index is 0.449. The number of hydrogen-bond acceptors (Lipinski definition) is 4. The SMILES string of the molecule is CCCNC(CC)C(C)Sc1nc2ccccc2o1. The van der Waals surface area contributed by atoms with E-state index in [0.717, 1.165) is 35.7 Å². The molecule has 3 nitrogen and oxygen atoms in total. The van der Waals surface area contributed by atoms with Gasteiger partial charge in [0.1, 0.15) is 5.52 Å². The predicted octanol–water partition coefficient (Wildman–Crippen LogP) is 4.09. The number of rotatable bonds is 7. The van der Waals surface area contributed by atoms with Gasteiger partial charge in [-0.2, -0.15) is 0 Å². The van der Waals surface area contributed by atoms with Gasteiger partial charge in [-0.25, -0.2) is 4.98 Å². The highest BCUT2D eigenvalue weighted by atomic mass is 32.2. The molecular formula is C15H22N2OS. The number of para-hydroxylation sites is 2. The lowest BCUT2D eigenvalue weighted by Crippen LogP contribution is -2.36. The van der Waals surface area contributed by atoms with Crippen LogP contribution in [0.25, 0.3) is 11.1 Å². The molecule has 0 radical (unpaired) electrons. The molecule has 4 heteroatoms. The fourth-order valence-electron chi connectivity index (χ4n) is 2.11. The first-order valence-corrected chi connectivity index (χ1v) is 7.88. The highest BCUT2D eigenvalue weighted by molar-refractivity contribution is 7.99. The van der Waals surface area contributed by atoms with Crippen LogP contribution in [0.15, 0.2) is 33.9 Å². The van der Waals surface area contributed by atoms with E-state index in [4.69, 9.17) is 4.42 Å². The monoisotopic (exact) mass is 278 g/mol. The number of aromatic nitrogens is 1. The zero-order valence-corrected chi connectivity index (χ0v) is 12.7. The number of hydrogen-bond donors (Lipinski definition) is 1. The van der Waals surface area contributed by atoms with Crippen molar-refractivity contribution in [1.82, 2.24) is 10.3 Å². The number of nitrogens with zero attached hydrogens (tertiary/aromatic N) is 1. The van der Waals surface area contributed by atoms with E-state index < -0.39 is 0 Å². The molecule has 0 bridgehead atoms. The molecule has 1 heterocycles. The summed E-state index contributed by atoms with van der Waals surface area (Å²) in [6.45, 7) is 7.71. The second kappa shape index (κ2) is 6.96. The van der Waals surface area contributed by atoms with Crippen LogP contribution in [0.1, 0.15) is 33.6 Å². The van der Waals surface area contributed by atoms with Gasteiger partial charge in [0.15, 0.2) is 5.58 Å². The Balaban J connectivity index is 2.02. The molecule has 0 aliphatic carbocycles. The maximum atomic E-state index is 5.76. The van der Waals surface area contributed by atoms with Crippen LogP contribution in [0.5, 0.6) is 0 Å². The molecule has 1 aromatic carbocycles. The lowest BCUT2D eigenvalue weighted by Gasteiger charge is -2.22. The van der Waals surface area contributed by atoms with Crippen LogP contribution in [0.4, 0.5) is 0 Å². The second-order valence-corrected chi connectivity index (χ2v) is 6.07. The molecule has 0 saturated carbocycles. The summed E-state index contributed by atoms with van der Waals surface area (Å²) in [5.41, 5.74) is 1.80. The first kappa shape index (κ1) is 14.4. The van der Waals surface area contributed by atoms with Crippen LogP contribution < -0.4 is 5.32 Å². The maximum absolute atomic E-state index is 5.76. The molecule has 0 aliphatic heterocycles. The summed E-state index contributed by atoms with van der Waals surface area (Å²) in [6.07, 6.45) is 2.28. The van der Waals surface area contributed by atoms with Gasteiger partial charge in [-0.3, -0.25) is 0 Å². The number of thioether (sulfide) groups is 1. The van der Waals surface area contributed by atoms with Gasteiger partial charge in [-0.05, 0) is 31.5 Å². The molecule has 0 fully saturated rings. The van der Waals surface area contributed by atoms with Crippen molar-refractivity contribution in [1.29, 1.82) is 0 Å². The summed E-state index contributed by atoms with van der Waals surface area (Å²) in [4.78, 5) is 4.52. The molecule has 0 aliphatic rings. The fraction of sp³-hybridized carbons (Fsp3) is 0.533. The summed E-state index contributed by atoms with van der Waals surface area (Å²) in [6, 6.07) is 8.41.